The number of ether oxygens (including phenoxy) is 1. The molecule has 0 heterocycles. The van der Waals surface area contributed by atoms with Crippen molar-refractivity contribution in [2.24, 2.45) is 0 Å². The molecule has 27 heavy (non-hydrogen) atoms. The van der Waals surface area contributed by atoms with E-state index in [4.69, 9.17) is 10.5 Å². The molecule has 0 aromatic heterocycles. The zero-order valence-electron chi connectivity index (χ0n) is 15.0. The average Bonchev–Trinajstić information content (AvgIpc) is 3.08. The Morgan fingerprint density at radius 1 is 1.15 bits per heavy atom. The van der Waals surface area contributed by atoms with Crippen molar-refractivity contribution in [3.8, 4) is 5.75 Å². The first kappa shape index (κ1) is 21.1. The fourth-order valence-electron chi connectivity index (χ4n) is 3.12. The van der Waals surface area contributed by atoms with Crippen LogP contribution in [0.3, 0.4) is 0 Å². The molecule has 146 valence electrons. The fraction of sp³-hybridized carbons (Fsp3) is 0.316. The lowest BCUT2D eigenvalue weighted by atomic mass is 10.1. The summed E-state index contributed by atoms with van der Waals surface area (Å²) in [6.07, 6.45) is 2.86. The third-order valence-electron chi connectivity index (χ3n) is 4.54. The minimum absolute atomic E-state index is 0. The number of nitrogens with one attached hydrogen (secondary N) is 1. The Morgan fingerprint density at radius 2 is 1.89 bits per heavy atom. The molecule has 2 aromatic rings. The molecule has 1 aliphatic carbocycles. The van der Waals surface area contributed by atoms with Crippen molar-refractivity contribution >= 4 is 39.5 Å². The van der Waals surface area contributed by atoms with Crippen LogP contribution in [0.25, 0.3) is 0 Å². The minimum atomic E-state index is -3.49. The van der Waals surface area contributed by atoms with Crippen LogP contribution in [0.1, 0.15) is 24.0 Å². The summed E-state index contributed by atoms with van der Waals surface area (Å²) in [5.74, 6) is -0.0926. The average molecular weight is 411 g/mol. The molecule has 0 unspecified atom stereocenters. The highest BCUT2D eigenvalue weighted by molar-refractivity contribution is 7.91. The molecule has 1 aliphatic rings. The molecule has 0 spiro atoms. The summed E-state index contributed by atoms with van der Waals surface area (Å²) in [5, 5.41) is 2.66. The van der Waals surface area contributed by atoms with Crippen molar-refractivity contribution in [2.45, 2.75) is 30.6 Å². The third-order valence-corrected chi connectivity index (χ3v) is 6.25. The third kappa shape index (κ3) is 4.93. The van der Waals surface area contributed by atoms with Crippen LogP contribution in [0.4, 0.5) is 11.4 Å². The molecule has 0 saturated heterocycles. The number of sulfone groups is 1. The predicted molar refractivity (Wildman–Crippen MR) is 108 cm³/mol. The largest absolute Gasteiger partial charge is 0.495 e. The van der Waals surface area contributed by atoms with Gasteiger partial charge in [0.1, 0.15) is 5.75 Å². The van der Waals surface area contributed by atoms with Crippen LogP contribution < -0.4 is 15.8 Å². The first-order valence-corrected chi connectivity index (χ1v) is 10.1. The molecule has 0 saturated carbocycles. The second-order valence-electron chi connectivity index (χ2n) is 6.36. The zero-order valence-corrected chi connectivity index (χ0v) is 16.7. The van der Waals surface area contributed by atoms with E-state index in [1.54, 1.807) is 30.3 Å². The lowest BCUT2D eigenvalue weighted by molar-refractivity contribution is -0.115. The molecule has 8 heteroatoms. The summed E-state index contributed by atoms with van der Waals surface area (Å²) < 4.78 is 30.1. The Bertz CT molecular complexity index is 945. The Hall–Kier alpha value is -2.25. The first-order chi connectivity index (χ1) is 12.4. The highest BCUT2D eigenvalue weighted by atomic mass is 35.5. The molecule has 0 aliphatic heterocycles. The lowest BCUT2D eigenvalue weighted by Crippen LogP contribution is -2.17. The van der Waals surface area contributed by atoms with Crippen LogP contribution in [-0.4, -0.2) is 27.2 Å². The number of carbonyl (C=O) groups excluding carboxylic acids is 1. The van der Waals surface area contributed by atoms with E-state index in [1.165, 1.54) is 12.7 Å². The van der Waals surface area contributed by atoms with Gasteiger partial charge in [0.05, 0.1) is 23.4 Å². The van der Waals surface area contributed by atoms with E-state index in [-0.39, 0.29) is 30.5 Å². The van der Waals surface area contributed by atoms with Gasteiger partial charge in [0.25, 0.3) is 0 Å². The molecule has 0 atom stereocenters. The van der Waals surface area contributed by atoms with Crippen molar-refractivity contribution in [2.75, 3.05) is 23.9 Å². The lowest BCUT2D eigenvalue weighted by Gasteiger charge is -2.10. The van der Waals surface area contributed by atoms with E-state index in [2.05, 4.69) is 5.32 Å². The van der Waals surface area contributed by atoms with Crippen molar-refractivity contribution in [3.63, 3.8) is 0 Å². The number of aryl methyl sites for hydroxylation is 2. The second-order valence-corrected chi connectivity index (χ2v) is 8.47. The molecule has 6 nitrogen and oxygen atoms in total. The van der Waals surface area contributed by atoms with Gasteiger partial charge in [-0.25, -0.2) is 8.42 Å². The van der Waals surface area contributed by atoms with Crippen LogP contribution in [0.5, 0.6) is 5.75 Å². The molecule has 2 aromatic carbocycles. The number of benzene rings is 2. The monoisotopic (exact) mass is 410 g/mol. The summed E-state index contributed by atoms with van der Waals surface area (Å²) in [7, 11) is -1.99. The number of fused-ring (bicyclic) bond motifs is 1. The minimum Gasteiger partial charge on any atom is -0.495 e. The smallest absolute Gasteiger partial charge is 0.225 e. The highest BCUT2D eigenvalue weighted by Gasteiger charge is 2.20. The summed E-state index contributed by atoms with van der Waals surface area (Å²) >= 11 is 0. The summed E-state index contributed by atoms with van der Waals surface area (Å²) in [4.78, 5) is 12.4. The Kier molecular flexibility index (Phi) is 6.73. The van der Waals surface area contributed by atoms with Gasteiger partial charge in [-0.15, -0.1) is 12.4 Å². The van der Waals surface area contributed by atoms with Gasteiger partial charge in [-0.3, -0.25) is 4.79 Å². The van der Waals surface area contributed by atoms with Gasteiger partial charge >= 0.3 is 0 Å². The molecule has 0 radical (unpaired) electrons. The van der Waals surface area contributed by atoms with E-state index in [0.29, 0.717) is 22.0 Å². The van der Waals surface area contributed by atoms with Crippen molar-refractivity contribution in [3.05, 3.63) is 47.5 Å². The topological polar surface area (TPSA) is 98.5 Å². The van der Waals surface area contributed by atoms with Crippen LogP contribution in [0, 0.1) is 0 Å². The molecule has 0 bridgehead atoms. The molecule has 0 fully saturated rings. The van der Waals surface area contributed by atoms with Gasteiger partial charge in [-0.2, -0.15) is 0 Å². The van der Waals surface area contributed by atoms with E-state index in [0.717, 1.165) is 24.8 Å². The zero-order chi connectivity index (χ0) is 18.7. The number of amides is 1. The maximum absolute atomic E-state index is 12.5. The number of hydrogen-bond donors (Lipinski definition) is 2. The van der Waals surface area contributed by atoms with E-state index < -0.39 is 9.84 Å². The number of methoxy groups -OCH3 is 1. The number of halogens is 1. The summed E-state index contributed by atoms with van der Waals surface area (Å²) in [6.45, 7) is 0. The Balaban J connectivity index is 0.00000261. The van der Waals surface area contributed by atoms with Gasteiger partial charge in [-0.05, 0) is 60.7 Å². The maximum Gasteiger partial charge on any atom is 0.225 e. The number of anilines is 2. The molecule has 3 N–H and O–H groups in total. The SMILES string of the molecule is COc1ccc(NC(=O)CCS(=O)(=O)c2ccc3c(c2)CCC3)cc1N.Cl. The van der Waals surface area contributed by atoms with Crippen LogP contribution in [0.2, 0.25) is 0 Å². The fourth-order valence-corrected chi connectivity index (χ4v) is 4.41. The molecular formula is C19H23ClN2O4S. The normalized spacial score (nSPS) is 12.8. The maximum atomic E-state index is 12.5. The standard InChI is InChI=1S/C19H22N2O4S.ClH/c1-25-18-8-6-15(12-17(18)20)21-19(22)9-10-26(23,24)16-7-5-13-3-2-4-14(13)11-16;/h5-8,11-12H,2-4,9-10,20H2,1H3,(H,21,22);1H. The number of nitrogen functional groups attached to an aromatic ring is 1. The van der Waals surface area contributed by atoms with Crippen molar-refractivity contribution in [1.29, 1.82) is 0 Å². The molecular weight excluding hydrogens is 388 g/mol. The van der Waals surface area contributed by atoms with E-state index >= 15 is 0 Å². The van der Waals surface area contributed by atoms with Crippen LogP contribution in [-0.2, 0) is 27.5 Å². The van der Waals surface area contributed by atoms with Gasteiger partial charge in [0.2, 0.25) is 5.91 Å². The van der Waals surface area contributed by atoms with Gasteiger partial charge in [0.15, 0.2) is 9.84 Å². The quantitative estimate of drug-likeness (QED) is 0.713. The van der Waals surface area contributed by atoms with Gasteiger partial charge in [-0.1, -0.05) is 6.07 Å². The van der Waals surface area contributed by atoms with Crippen molar-refractivity contribution < 1.29 is 17.9 Å². The van der Waals surface area contributed by atoms with E-state index in [9.17, 15) is 13.2 Å². The highest BCUT2D eigenvalue weighted by Crippen LogP contribution is 2.26. The van der Waals surface area contributed by atoms with Gasteiger partial charge < -0.3 is 15.8 Å². The predicted octanol–water partition coefficient (Wildman–Crippen LogP) is 2.99. The summed E-state index contributed by atoms with van der Waals surface area (Å²) in [5.41, 5.74) is 9.02. The summed E-state index contributed by atoms with van der Waals surface area (Å²) in [6, 6.07) is 10.1. The number of rotatable bonds is 6. The van der Waals surface area contributed by atoms with Crippen LogP contribution >= 0.6 is 12.4 Å². The number of carbonyl (C=O) groups is 1. The van der Waals surface area contributed by atoms with Crippen molar-refractivity contribution in [1.82, 2.24) is 0 Å². The van der Waals surface area contributed by atoms with Gasteiger partial charge in [0, 0.05) is 12.1 Å². The number of hydrogen-bond acceptors (Lipinski definition) is 5. The molecule has 1 amide bonds. The second kappa shape index (κ2) is 8.63. The molecule has 3 rings (SSSR count). The van der Waals surface area contributed by atoms with E-state index in [1.807, 2.05) is 6.07 Å². The first-order valence-electron chi connectivity index (χ1n) is 8.47. The van der Waals surface area contributed by atoms with Crippen LogP contribution in [0.15, 0.2) is 41.3 Å². The Morgan fingerprint density at radius 3 is 2.59 bits per heavy atom. The Labute approximate surface area is 165 Å². The number of nitrogens with two attached hydrogens (primary N) is 1.